The Bertz CT molecular complexity index is 4120. The fraction of sp³-hybridized carbons (Fsp3) is 0.500. The Labute approximate surface area is 634 Å². The molecule has 0 spiro atoms. The number of methoxy groups -OCH3 is 4. The molecule has 6 bridgehead atoms. The van der Waals surface area contributed by atoms with Gasteiger partial charge in [0.05, 0.1) is 65.2 Å². The summed E-state index contributed by atoms with van der Waals surface area (Å²) < 4.78 is 48.0. The van der Waals surface area contributed by atoms with Crippen molar-refractivity contribution in [2.75, 3.05) is 134 Å². The largest absolute Gasteiger partial charge is 0.495 e. The van der Waals surface area contributed by atoms with Gasteiger partial charge >= 0.3 is 18.2 Å². The Morgan fingerprint density at radius 2 is 1.38 bits per heavy atom. The molecular weight excluding hydrogens is 1420 g/mol. The number of hydrogen-bond acceptors (Lipinski definition) is 20. The molecule has 2 saturated heterocycles. The van der Waals surface area contributed by atoms with Gasteiger partial charge in [0.2, 0.25) is 35.4 Å². The Morgan fingerprint density at radius 1 is 0.778 bits per heavy atom. The summed E-state index contributed by atoms with van der Waals surface area (Å²) in [7, 11) is 12.0. The standard InChI is InChI=1S/C78H101ClN10O19/c1-50-20-19-27-63(90)78(100)43-65(107-74(98)81-78)77(4)49-76(3,108-77)64(42-68(93)84(7)61-39-52(38-50)40-62(104-12)72(61)79)106-73(97)51(2)83(6)67(92)29-30-86(32-35-101-9)70(95)46-88(34-37-103-11)71(96)47-87(33-36-102-10)69(94)44-80-66(91)28-31-89-54(41-53-21-13-18-26-60(53)89)45-82(5)85(8)75(99)105-48-59-57-24-16-14-22-55(57)56-23-15-17-25-58(56)59/h13-27,39-41,51,59,63-65,90,100H,28-38,42-49H2,1-12H3,(H,80,91)(H,81,98)/b27-19+,50-20+/t51-,63+,64-,65-,76+,77?,78-/m0/s1. The second kappa shape index (κ2) is 36.6. The van der Waals surface area contributed by atoms with Crippen molar-refractivity contribution in [1.82, 2.24) is 44.8 Å². The van der Waals surface area contributed by atoms with Gasteiger partial charge in [-0.25, -0.2) is 24.4 Å². The summed E-state index contributed by atoms with van der Waals surface area (Å²) in [5.74, 6) is -4.17. The van der Waals surface area contributed by atoms with E-state index in [2.05, 4.69) is 34.9 Å². The number of allylic oxidation sites excluding steroid dienone is 3. The molecule has 0 radical (unpaired) electrons. The first-order valence-corrected chi connectivity index (χ1v) is 36.3. The third-order valence-corrected chi connectivity index (χ3v) is 21.0. The predicted octanol–water partition coefficient (Wildman–Crippen LogP) is 6.21. The first-order valence-electron chi connectivity index (χ1n) is 35.9. The molecule has 4 N–H and O–H groups in total. The minimum absolute atomic E-state index is 0.00163. The van der Waals surface area contributed by atoms with Gasteiger partial charge in [-0.1, -0.05) is 102 Å². The number of nitrogens with one attached hydrogen (secondary N) is 2. The van der Waals surface area contributed by atoms with Crippen molar-refractivity contribution in [2.24, 2.45) is 0 Å². The molecule has 5 aromatic rings. The van der Waals surface area contributed by atoms with E-state index in [1.165, 1.54) is 80.1 Å². The second-order valence-electron chi connectivity index (χ2n) is 28.2. The van der Waals surface area contributed by atoms with Crippen molar-refractivity contribution in [3.63, 3.8) is 0 Å². The molecule has 8 amide bonds. The van der Waals surface area contributed by atoms with Crippen LogP contribution in [0.2, 0.25) is 5.02 Å². The zero-order chi connectivity index (χ0) is 78.4. The number of carbonyl (C=O) groups excluding carboxylic acids is 9. The monoisotopic (exact) mass is 1520 g/mol. The van der Waals surface area contributed by atoms with E-state index in [1.54, 1.807) is 57.2 Å². The lowest BCUT2D eigenvalue weighted by Gasteiger charge is -2.59. The first-order chi connectivity index (χ1) is 51.4. The molecule has 29 nitrogen and oxygen atoms in total. The average molecular weight is 1520 g/mol. The predicted molar refractivity (Wildman–Crippen MR) is 400 cm³/mol. The minimum Gasteiger partial charge on any atom is -0.495 e. The summed E-state index contributed by atoms with van der Waals surface area (Å²) in [6.07, 6.45) is -1.86. The average Bonchev–Trinajstić information content (AvgIpc) is 0.962. The Kier molecular flexibility index (Phi) is 28.0. The number of para-hydroxylation sites is 1. The third kappa shape index (κ3) is 19.7. The third-order valence-electron chi connectivity index (χ3n) is 20.6. The zero-order valence-corrected chi connectivity index (χ0v) is 64.3. The molecule has 108 heavy (non-hydrogen) atoms. The molecule has 1 aliphatic carbocycles. The van der Waals surface area contributed by atoms with E-state index in [0.717, 1.165) is 49.3 Å². The number of alkyl carbamates (subject to hydrolysis) is 1. The van der Waals surface area contributed by atoms with Crippen molar-refractivity contribution < 1.29 is 91.3 Å². The molecular formula is C78H101ClN10O19. The molecule has 584 valence electrons. The van der Waals surface area contributed by atoms with E-state index in [1.807, 2.05) is 66.1 Å². The van der Waals surface area contributed by atoms with Crippen LogP contribution in [0.1, 0.15) is 88.1 Å². The van der Waals surface area contributed by atoms with Crippen molar-refractivity contribution in [3.05, 3.63) is 142 Å². The molecule has 1 aromatic heterocycles. The number of ether oxygens (including phenoxy) is 8. The van der Waals surface area contributed by atoms with Gasteiger partial charge in [-0.2, -0.15) is 0 Å². The number of hydrogen-bond donors (Lipinski definition) is 4. The molecule has 4 aliphatic heterocycles. The molecule has 5 aliphatic rings. The maximum atomic E-state index is 14.6. The van der Waals surface area contributed by atoms with E-state index in [9.17, 15) is 53.4 Å². The number of amides is 8. The Balaban J connectivity index is 0.805. The summed E-state index contributed by atoms with van der Waals surface area (Å²) in [6, 6.07) is 28.1. The van der Waals surface area contributed by atoms with Gasteiger partial charge in [0.1, 0.15) is 52.9 Å². The van der Waals surface area contributed by atoms with Crippen LogP contribution >= 0.6 is 11.6 Å². The van der Waals surface area contributed by atoms with Crippen LogP contribution in [0.5, 0.6) is 5.75 Å². The number of aryl methyl sites for hydroxylation is 1. The lowest BCUT2D eigenvalue weighted by atomic mass is 9.72. The molecule has 1 unspecified atom stereocenters. The molecule has 7 atom stereocenters. The van der Waals surface area contributed by atoms with Gasteiger partial charge in [-0.3, -0.25) is 34.1 Å². The van der Waals surface area contributed by atoms with Crippen molar-refractivity contribution in [3.8, 4) is 16.9 Å². The van der Waals surface area contributed by atoms with Crippen LogP contribution in [0, 0.1) is 0 Å². The van der Waals surface area contributed by atoms with Crippen molar-refractivity contribution in [2.45, 2.75) is 127 Å². The fourth-order valence-electron chi connectivity index (χ4n) is 14.2. The number of halogens is 1. The normalized spacial score (nSPS) is 21.5. The highest BCUT2D eigenvalue weighted by atomic mass is 35.5. The number of anilines is 1. The highest BCUT2D eigenvalue weighted by Crippen LogP contribution is 2.51. The van der Waals surface area contributed by atoms with Crippen LogP contribution in [0.3, 0.4) is 0 Å². The molecule has 10 rings (SSSR count). The molecule has 4 aromatic carbocycles. The lowest BCUT2D eigenvalue weighted by Crippen LogP contribution is -2.72. The van der Waals surface area contributed by atoms with Crippen molar-refractivity contribution >= 4 is 81.8 Å². The highest BCUT2D eigenvalue weighted by molar-refractivity contribution is 6.35. The van der Waals surface area contributed by atoms with E-state index >= 15 is 0 Å². The van der Waals surface area contributed by atoms with Gasteiger partial charge in [0.25, 0.3) is 0 Å². The van der Waals surface area contributed by atoms with Crippen LogP contribution in [0.15, 0.2) is 115 Å². The summed E-state index contributed by atoms with van der Waals surface area (Å²) in [5.41, 5.74) is 2.91. The highest BCUT2D eigenvalue weighted by Gasteiger charge is 2.63. The maximum Gasteiger partial charge on any atom is 0.424 e. The van der Waals surface area contributed by atoms with E-state index in [0.29, 0.717) is 12.0 Å². The van der Waals surface area contributed by atoms with Crippen LogP contribution in [0.25, 0.3) is 22.0 Å². The number of rotatable bonds is 30. The van der Waals surface area contributed by atoms with Gasteiger partial charge in [0.15, 0.2) is 5.72 Å². The number of nitrogens with zero attached hydrogens (tertiary/aromatic N) is 8. The summed E-state index contributed by atoms with van der Waals surface area (Å²) in [4.78, 5) is 133. The smallest absolute Gasteiger partial charge is 0.424 e. The number of aromatic nitrogens is 1. The van der Waals surface area contributed by atoms with E-state index in [-0.39, 0.29) is 114 Å². The number of aliphatic hydroxyl groups is 2. The second-order valence-corrected chi connectivity index (χ2v) is 28.6. The van der Waals surface area contributed by atoms with Gasteiger partial charge < -0.3 is 82.5 Å². The first kappa shape index (κ1) is 82.6. The zero-order valence-electron chi connectivity index (χ0n) is 63.5. The van der Waals surface area contributed by atoms with E-state index in [4.69, 9.17) is 49.5 Å². The quantitative estimate of drug-likeness (QED) is 0.0226. The summed E-state index contributed by atoms with van der Waals surface area (Å²) in [5, 5.41) is 32.2. The van der Waals surface area contributed by atoms with Crippen LogP contribution in [-0.4, -0.2) is 268 Å². The van der Waals surface area contributed by atoms with Gasteiger partial charge in [-0.05, 0) is 91.6 Å². The topological polar surface area (TPSA) is 320 Å². The molecule has 5 heterocycles. The fourth-order valence-corrected chi connectivity index (χ4v) is 14.5. The van der Waals surface area contributed by atoms with Crippen LogP contribution < -0.4 is 20.3 Å². The number of fused-ring (bicyclic) bond motifs is 10. The number of carbonyl (C=O) groups is 9. The SMILES string of the molecule is COCCN(CCC(=O)N(C)[C@@H](C)C(=O)O[C@H]1CC(=O)N(C)c2cc(cc(OC)c2Cl)C/C(C)=C/C=C/[C@@H](O)[C@@]2(O)C[C@H](OC(=O)N2)C2(C)C[C@@]1(C)O2)C(=O)CN(CCOC)C(=O)CN(CCOC)C(=O)CNC(=O)CCn1c(CN(C)N(C)C(=O)OCC2c3ccccc3-c3ccccc32)cc2ccccc21. The molecule has 2 fully saturated rings. The molecule has 0 saturated carbocycles. The summed E-state index contributed by atoms with van der Waals surface area (Å²) >= 11 is 6.86. The minimum atomic E-state index is -2.19. The summed E-state index contributed by atoms with van der Waals surface area (Å²) in [6.45, 7) is 5.42. The molecule has 30 heteroatoms. The Hall–Kier alpha value is -9.46. The lowest BCUT2D eigenvalue weighted by molar-refractivity contribution is -0.328. The van der Waals surface area contributed by atoms with Gasteiger partial charge in [0, 0.05) is 125 Å². The van der Waals surface area contributed by atoms with Crippen LogP contribution in [0.4, 0.5) is 15.3 Å². The Morgan fingerprint density at radius 3 is 2.02 bits per heavy atom. The maximum absolute atomic E-state index is 14.6. The van der Waals surface area contributed by atoms with Crippen molar-refractivity contribution in [1.29, 1.82) is 0 Å². The number of benzene rings is 4. The van der Waals surface area contributed by atoms with Crippen LogP contribution in [-0.2, 0) is 86.2 Å². The number of hydrazine groups is 1. The number of esters is 1. The number of aliphatic hydroxyl groups excluding tert-OH is 1. The number of likely N-dealkylation sites (N-methyl/N-ethyl adjacent to an activating group) is 1. The van der Waals surface area contributed by atoms with Gasteiger partial charge in [-0.15, -0.1) is 0 Å². The van der Waals surface area contributed by atoms with E-state index < -0.39 is 121 Å².